The maximum absolute atomic E-state index is 12.0. The van der Waals surface area contributed by atoms with E-state index in [0.29, 0.717) is 62.3 Å². The number of amides is 1. The minimum Gasteiger partial charge on any atom is -0.490 e. The Morgan fingerprint density at radius 3 is 2.59 bits per heavy atom. The van der Waals surface area contributed by atoms with Crippen molar-refractivity contribution in [2.45, 2.75) is 26.1 Å². The molecule has 37 heavy (non-hydrogen) atoms. The van der Waals surface area contributed by atoms with Gasteiger partial charge in [-0.3, -0.25) is 4.79 Å². The Labute approximate surface area is 216 Å². The highest BCUT2D eigenvalue weighted by Crippen LogP contribution is 2.31. The van der Waals surface area contributed by atoms with Gasteiger partial charge in [0.25, 0.3) is 5.91 Å². The second-order valence-corrected chi connectivity index (χ2v) is 8.52. The summed E-state index contributed by atoms with van der Waals surface area (Å²) >= 11 is 0. The van der Waals surface area contributed by atoms with Crippen LogP contribution in [0.15, 0.2) is 72.8 Å². The summed E-state index contributed by atoms with van der Waals surface area (Å²) in [7, 11) is 0. The lowest BCUT2D eigenvalue weighted by Gasteiger charge is -2.22. The molecule has 9 heteroatoms. The van der Waals surface area contributed by atoms with Gasteiger partial charge in [0, 0.05) is 32.0 Å². The molecule has 3 aromatic carbocycles. The van der Waals surface area contributed by atoms with E-state index in [1.807, 2.05) is 48.5 Å². The van der Waals surface area contributed by atoms with Crippen molar-refractivity contribution in [2.75, 3.05) is 32.8 Å². The molecule has 1 amide bonds. The van der Waals surface area contributed by atoms with Gasteiger partial charge in [-0.05, 0) is 42.0 Å². The van der Waals surface area contributed by atoms with E-state index in [9.17, 15) is 9.90 Å². The predicted octanol–water partition coefficient (Wildman–Crippen LogP) is 3.30. The molecule has 9 nitrogen and oxygen atoms in total. The zero-order chi connectivity index (χ0) is 25.9. The first-order valence-electron chi connectivity index (χ1n) is 12.2. The van der Waals surface area contributed by atoms with Gasteiger partial charge in [0.15, 0.2) is 11.5 Å². The van der Waals surface area contributed by atoms with Crippen molar-refractivity contribution < 1.29 is 34.0 Å². The summed E-state index contributed by atoms with van der Waals surface area (Å²) in [4.78, 5) is 27.9. The molecule has 1 aliphatic rings. The Balaban J connectivity index is 1.16. The van der Waals surface area contributed by atoms with Crippen molar-refractivity contribution in [1.29, 1.82) is 0 Å². The zero-order valence-corrected chi connectivity index (χ0v) is 20.8. The van der Waals surface area contributed by atoms with Crippen LogP contribution in [-0.4, -0.2) is 55.0 Å². The number of nitrogens with zero attached hydrogens (tertiary/aromatic N) is 1. The van der Waals surface area contributed by atoms with Crippen LogP contribution in [-0.2, 0) is 22.7 Å². The minimum absolute atomic E-state index is 0.121. The molecule has 3 aromatic rings. The van der Waals surface area contributed by atoms with E-state index in [-0.39, 0.29) is 12.5 Å². The molecule has 0 aromatic heterocycles. The van der Waals surface area contributed by atoms with Gasteiger partial charge in [0.1, 0.15) is 30.8 Å². The van der Waals surface area contributed by atoms with Gasteiger partial charge in [-0.2, -0.15) is 9.95 Å². The number of rotatable bonds is 13. The van der Waals surface area contributed by atoms with E-state index in [4.69, 9.17) is 24.1 Å². The third-order valence-corrected chi connectivity index (χ3v) is 5.62. The van der Waals surface area contributed by atoms with Crippen molar-refractivity contribution in [2.24, 2.45) is 0 Å². The van der Waals surface area contributed by atoms with E-state index < -0.39 is 6.10 Å². The van der Waals surface area contributed by atoms with Crippen molar-refractivity contribution in [3.05, 3.63) is 83.9 Å². The van der Waals surface area contributed by atoms with Crippen LogP contribution >= 0.6 is 0 Å². The number of benzene rings is 3. The SMILES string of the molecule is CC(=O)N(CCNCC(O)COc1cccc2c1CCOO2)Oc1ccc(OCc2ccccc2)cc1. The molecule has 196 valence electrons. The van der Waals surface area contributed by atoms with E-state index >= 15 is 0 Å². The molecule has 1 heterocycles. The first-order chi connectivity index (χ1) is 18.1. The Hall–Kier alpha value is -3.79. The van der Waals surface area contributed by atoms with Gasteiger partial charge in [-0.1, -0.05) is 36.4 Å². The molecule has 1 atom stereocenters. The van der Waals surface area contributed by atoms with Crippen LogP contribution in [0.1, 0.15) is 18.1 Å². The van der Waals surface area contributed by atoms with E-state index in [2.05, 4.69) is 5.32 Å². The average Bonchev–Trinajstić information content (AvgIpc) is 2.93. The smallest absolute Gasteiger partial charge is 0.252 e. The number of fused-ring (bicyclic) bond motifs is 1. The molecular formula is C28H32N2O7. The van der Waals surface area contributed by atoms with Gasteiger partial charge in [0.05, 0.1) is 13.2 Å². The summed E-state index contributed by atoms with van der Waals surface area (Å²) in [6.45, 7) is 3.52. The van der Waals surface area contributed by atoms with Crippen LogP contribution in [0.25, 0.3) is 0 Å². The highest BCUT2D eigenvalue weighted by Gasteiger charge is 2.17. The van der Waals surface area contributed by atoms with Crippen LogP contribution < -0.4 is 24.5 Å². The summed E-state index contributed by atoms with van der Waals surface area (Å²) in [5.41, 5.74) is 2.01. The third kappa shape index (κ3) is 8.11. The number of hydroxylamine groups is 2. The second kappa shape index (κ2) is 13.5. The highest BCUT2D eigenvalue weighted by molar-refractivity contribution is 5.72. The van der Waals surface area contributed by atoms with Crippen LogP contribution in [0, 0.1) is 0 Å². The Kier molecular flexibility index (Phi) is 9.59. The second-order valence-electron chi connectivity index (χ2n) is 8.52. The fraction of sp³-hybridized carbons (Fsp3) is 0.321. The standard InChI is InChI=1S/C28H32N2O7/c1-21(31)30(36-25-12-10-24(11-13-25)33-19-22-6-3-2-4-7-22)16-15-29-18-23(32)20-34-27-8-5-9-28-26(27)14-17-35-37-28/h2-13,23,29,32H,14-20H2,1H3. The largest absolute Gasteiger partial charge is 0.490 e. The van der Waals surface area contributed by atoms with Crippen molar-refractivity contribution >= 4 is 5.91 Å². The summed E-state index contributed by atoms with van der Waals surface area (Å²) < 4.78 is 11.6. The molecule has 0 fully saturated rings. The van der Waals surface area contributed by atoms with Crippen molar-refractivity contribution in [1.82, 2.24) is 10.4 Å². The molecule has 4 rings (SSSR count). The zero-order valence-electron chi connectivity index (χ0n) is 20.8. The fourth-order valence-corrected chi connectivity index (χ4v) is 3.68. The fourth-order valence-electron chi connectivity index (χ4n) is 3.68. The molecule has 0 saturated carbocycles. The summed E-state index contributed by atoms with van der Waals surface area (Å²) in [6.07, 6.45) is -0.0452. The van der Waals surface area contributed by atoms with Gasteiger partial charge in [-0.15, -0.1) is 0 Å². The Bertz CT molecular complexity index is 1130. The lowest BCUT2D eigenvalue weighted by molar-refractivity contribution is -0.215. The number of hydrogen-bond donors (Lipinski definition) is 2. The monoisotopic (exact) mass is 508 g/mol. The number of carbonyl (C=O) groups excluding carboxylic acids is 1. The molecule has 0 radical (unpaired) electrons. The number of nitrogens with one attached hydrogen (secondary N) is 1. The molecular weight excluding hydrogens is 476 g/mol. The Morgan fingerprint density at radius 2 is 1.81 bits per heavy atom. The normalized spacial score (nSPS) is 13.1. The maximum atomic E-state index is 12.0. The molecule has 2 N–H and O–H groups in total. The lowest BCUT2D eigenvalue weighted by atomic mass is 10.1. The molecule has 1 aliphatic heterocycles. The van der Waals surface area contributed by atoms with E-state index in [1.165, 1.54) is 12.0 Å². The van der Waals surface area contributed by atoms with Crippen LogP contribution in [0.5, 0.6) is 23.0 Å². The number of ether oxygens (including phenoxy) is 2. The maximum Gasteiger partial charge on any atom is 0.252 e. The number of carbonyl (C=O) groups is 1. The number of hydrogen-bond acceptors (Lipinski definition) is 8. The summed E-state index contributed by atoms with van der Waals surface area (Å²) in [5.74, 6) is 2.31. The summed E-state index contributed by atoms with van der Waals surface area (Å²) in [6, 6.07) is 22.5. The molecule has 0 bridgehead atoms. The molecule has 0 saturated heterocycles. The van der Waals surface area contributed by atoms with Gasteiger partial charge >= 0.3 is 0 Å². The number of aliphatic hydroxyl groups is 1. The van der Waals surface area contributed by atoms with Crippen LogP contribution in [0.3, 0.4) is 0 Å². The highest BCUT2D eigenvalue weighted by atomic mass is 17.2. The Morgan fingerprint density at radius 1 is 1.03 bits per heavy atom. The van der Waals surface area contributed by atoms with E-state index in [1.54, 1.807) is 24.3 Å². The summed E-state index contributed by atoms with van der Waals surface area (Å²) in [5, 5.41) is 14.7. The van der Waals surface area contributed by atoms with Gasteiger partial charge in [-0.25, -0.2) is 0 Å². The average molecular weight is 509 g/mol. The minimum atomic E-state index is -0.730. The molecule has 0 spiro atoms. The first kappa shape index (κ1) is 26.3. The van der Waals surface area contributed by atoms with Crippen molar-refractivity contribution in [3.8, 4) is 23.0 Å². The van der Waals surface area contributed by atoms with Gasteiger partial charge in [0.2, 0.25) is 0 Å². The van der Waals surface area contributed by atoms with Gasteiger partial charge < -0.3 is 29.6 Å². The third-order valence-electron chi connectivity index (χ3n) is 5.62. The topological polar surface area (TPSA) is 98.7 Å². The molecule has 0 aliphatic carbocycles. The molecule has 1 unspecified atom stereocenters. The van der Waals surface area contributed by atoms with Crippen LogP contribution in [0.2, 0.25) is 0 Å². The van der Waals surface area contributed by atoms with Crippen molar-refractivity contribution in [3.63, 3.8) is 0 Å². The lowest BCUT2D eigenvalue weighted by Crippen LogP contribution is -2.40. The van der Waals surface area contributed by atoms with Crippen LogP contribution in [0.4, 0.5) is 0 Å². The quantitative estimate of drug-likeness (QED) is 0.206. The predicted molar refractivity (Wildman–Crippen MR) is 136 cm³/mol. The number of aliphatic hydroxyl groups excluding tert-OH is 1. The first-order valence-corrected chi connectivity index (χ1v) is 12.2. The van der Waals surface area contributed by atoms with E-state index in [0.717, 1.165) is 11.1 Å².